The molecule has 0 aliphatic heterocycles. The Morgan fingerprint density at radius 1 is 1.88 bits per heavy atom. The molecule has 0 unspecified atom stereocenters. The standard InChI is InChI=1S/C4H4N4/c5-1-4-3(6)2-7-8-4/h2H,6H2,(H,7,8). The van der Waals surface area contributed by atoms with E-state index in [1.807, 2.05) is 6.07 Å². The van der Waals surface area contributed by atoms with Gasteiger partial charge in [-0.15, -0.1) is 0 Å². The van der Waals surface area contributed by atoms with Crippen molar-refractivity contribution in [2.45, 2.75) is 0 Å². The number of nitrogens with zero attached hydrogens (tertiary/aromatic N) is 2. The minimum absolute atomic E-state index is 0.324. The quantitative estimate of drug-likeness (QED) is 0.485. The maximum atomic E-state index is 8.21. The van der Waals surface area contributed by atoms with Crippen LogP contribution in [-0.4, -0.2) is 10.2 Å². The zero-order chi connectivity index (χ0) is 5.98. The van der Waals surface area contributed by atoms with E-state index in [-0.39, 0.29) is 0 Å². The van der Waals surface area contributed by atoms with E-state index in [4.69, 9.17) is 11.0 Å². The van der Waals surface area contributed by atoms with E-state index >= 15 is 0 Å². The highest BCUT2D eigenvalue weighted by molar-refractivity contribution is 5.47. The Morgan fingerprint density at radius 2 is 2.62 bits per heavy atom. The average Bonchev–Trinajstić information content (AvgIpc) is 2.14. The molecule has 0 amide bonds. The molecule has 0 saturated carbocycles. The van der Waals surface area contributed by atoms with Crippen LogP contribution in [0.1, 0.15) is 5.69 Å². The van der Waals surface area contributed by atoms with Gasteiger partial charge in [0.15, 0.2) is 5.69 Å². The lowest BCUT2D eigenvalue weighted by atomic mass is 10.4. The Kier molecular flexibility index (Phi) is 0.897. The van der Waals surface area contributed by atoms with E-state index in [2.05, 4.69) is 10.2 Å². The SMILES string of the molecule is N#Cc1[nH]ncc1N. The van der Waals surface area contributed by atoms with Gasteiger partial charge in [0, 0.05) is 0 Å². The second-order valence-electron chi connectivity index (χ2n) is 1.31. The topological polar surface area (TPSA) is 78.5 Å². The summed E-state index contributed by atoms with van der Waals surface area (Å²) in [4.78, 5) is 0. The van der Waals surface area contributed by atoms with Gasteiger partial charge in [-0.25, -0.2) is 0 Å². The van der Waals surface area contributed by atoms with Crippen molar-refractivity contribution in [3.63, 3.8) is 0 Å². The number of H-pyrrole nitrogens is 1. The lowest BCUT2D eigenvalue weighted by Crippen LogP contribution is -1.83. The number of nitrogens with one attached hydrogen (secondary N) is 1. The molecule has 1 aromatic rings. The Balaban J connectivity index is 3.15. The number of aromatic amines is 1. The largest absolute Gasteiger partial charge is 0.395 e. The van der Waals surface area contributed by atoms with Gasteiger partial charge in [0.2, 0.25) is 0 Å². The fourth-order valence-electron chi connectivity index (χ4n) is 0.385. The first kappa shape index (κ1) is 4.65. The first-order valence-corrected chi connectivity index (χ1v) is 2.03. The van der Waals surface area contributed by atoms with Crippen LogP contribution in [0.3, 0.4) is 0 Å². The van der Waals surface area contributed by atoms with E-state index in [0.717, 1.165) is 0 Å². The molecule has 1 heterocycles. The maximum absolute atomic E-state index is 8.21. The minimum Gasteiger partial charge on any atom is -0.395 e. The van der Waals surface area contributed by atoms with E-state index in [1.54, 1.807) is 0 Å². The zero-order valence-electron chi connectivity index (χ0n) is 4.05. The van der Waals surface area contributed by atoms with Crippen LogP contribution in [-0.2, 0) is 0 Å². The van der Waals surface area contributed by atoms with Crippen molar-refractivity contribution in [1.82, 2.24) is 10.2 Å². The van der Waals surface area contributed by atoms with Gasteiger partial charge in [-0.05, 0) is 0 Å². The Morgan fingerprint density at radius 3 is 2.88 bits per heavy atom. The Labute approximate surface area is 45.9 Å². The van der Waals surface area contributed by atoms with Crippen molar-refractivity contribution in [3.05, 3.63) is 11.9 Å². The smallest absolute Gasteiger partial charge is 0.158 e. The third kappa shape index (κ3) is 0.500. The molecule has 3 N–H and O–H groups in total. The van der Waals surface area contributed by atoms with Crippen molar-refractivity contribution in [2.24, 2.45) is 0 Å². The third-order valence-corrected chi connectivity index (χ3v) is 0.780. The molecule has 0 radical (unpaired) electrons. The number of hydrogen-bond acceptors (Lipinski definition) is 3. The van der Waals surface area contributed by atoms with Crippen molar-refractivity contribution in [2.75, 3.05) is 5.73 Å². The summed E-state index contributed by atoms with van der Waals surface area (Å²) in [5.41, 5.74) is 5.95. The summed E-state index contributed by atoms with van der Waals surface area (Å²) in [7, 11) is 0. The predicted octanol–water partition coefficient (Wildman–Crippen LogP) is -0.136. The first-order chi connectivity index (χ1) is 3.84. The van der Waals surface area contributed by atoms with Gasteiger partial charge in [-0.3, -0.25) is 5.10 Å². The summed E-state index contributed by atoms with van der Waals surface area (Å²) >= 11 is 0. The molecule has 1 rings (SSSR count). The normalized spacial score (nSPS) is 8.38. The highest BCUT2D eigenvalue weighted by Crippen LogP contribution is 2.01. The summed E-state index contributed by atoms with van der Waals surface area (Å²) < 4.78 is 0. The molecule has 1 aromatic heterocycles. The number of aromatic nitrogens is 2. The summed E-state index contributed by atoms with van der Waals surface area (Å²) in [5, 5.41) is 14.1. The van der Waals surface area contributed by atoms with Gasteiger partial charge < -0.3 is 5.73 Å². The summed E-state index contributed by atoms with van der Waals surface area (Å²) in [6, 6.07) is 1.83. The second kappa shape index (κ2) is 1.54. The van der Waals surface area contributed by atoms with Crippen molar-refractivity contribution in [1.29, 1.82) is 5.26 Å². The molecule has 0 aliphatic carbocycles. The third-order valence-electron chi connectivity index (χ3n) is 0.780. The molecule has 0 spiro atoms. The molecular formula is C4H4N4. The number of nitrogen functional groups attached to an aromatic ring is 1. The number of hydrogen-bond donors (Lipinski definition) is 2. The zero-order valence-corrected chi connectivity index (χ0v) is 4.05. The number of rotatable bonds is 0. The number of nitrogens with two attached hydrogens (primary N) is 1. The fraction of sp³-hybridized carbons (Fsp3) is 0. The highest BCUT2D eigenvalue weighted by atomic mass is 15.1. The maximum Gasteiger partial charge on any atom is 0.158 e. The van der Waals surface area contributed by atoms with Gasteiger partial charge in [0.25, 0.3) is 0 Å². The molecular weight excluding hydrogens is 104 g/mol. The molecule has 0 saturated heterocycles. The van der Waals surface area contributed by atoms with E-state index in [1.165, 1.54) is 6.20 Å². The lowest BCUT2D eigenvalue weighted by molar-refractivity contribution is 1.07. The molecule has 0 fully saturated rings. The van der Waals surface area contributed by atoms with Crippen LogP contribution in [0.25, 0.3) is 0 Å². The van der Waals surface area contributed by atoms with E-state index < -0.39 is 0 Å². The van der Waals surface area contributed by atoms with Crippen LogP contribution in [0.15, 0.2) is 6.20 Å². The molecule has 0 bridgehead atoms. The van der Waals surface area contributed by atoms with Gasteiger partial charge in [-0.2, -0.15) is 10.4 Å². The molecule has 4 nitrogen and oxygen atoms in total. The van der Waals surface area contributed by atoms with E-state index in [9.17, 15) is 0 Å². The fourth-order valence-corrected chi connectivity index (χ4v) is 0.385. The van der Waals surface area contributed by atoms with Crippen molar-refractivity contribution >= 4 is 5.69 Å². The number of anilines is 1. The number of nitriles is 1. The van der Waals surface area contributed by atoms with E-state index in [0.29, 0.717) is 11.4 Å². The summed E-state index contributed by atoms with van der Waals surface area (Å²) in [6.07, 6.45) is 1.40. The molecule has 0 aliphatic rings. The van der Waals surface area contributed by atoms with Gasteiger partial charge in [-0.1, -0.05) is 0 Å². The Bertz CT molecular complexity index is 218. The summed E-state index contributed by atoms with van der Waals surface area (Å²) in [6.45, 7) is 0. The lowest BCUT2D eigenvalue weighted by Gasteiger charge is -1.76. The van der Waals surface area contributed by atoms with Gasteiger partial charge in [0.1, 0.15) is 6.07 Å². The molecule has 0 atom stereocenters. The molecule has 40 valence electrons. The predicted molar refractivity (Wildman–Crippen MR) is 27.7 cm³/mol. The minimum atomic E-state index is 0.324. The van der Waals surface area contributed by atoms with Crippen LogP contribution < -0.4 is 5.73 Å². The van der Waals surface area contributed by atoms with Gasteiger partial charge >= 0.3 is 0 Å². The van der Waals surface area contributed by atoms with Crippen LogP contribution in [0, 0.1) is 11.3 Å². The van der Waals surface area contributed by atoms with Crippen LogP contribution in [0.2, 0.25) is 0 Å². The molecule has 8 heavy (non-hydrogen) atoms. The van der Waals surface area contributed by atoms with Crippen LogP contribution in [0.4, 0.5) is 5.69 Å². The van der Waals surface area contributed by atoms with Gasteiger partial charge in [0.05, 0.1) is 11.9 Å². The van der Waals surface area contributed by atoms with Crippen LogP contribution >= 0.6 is 0 Å². The highest BCUT2D eigenvalue weighted by Gasteiger charge is 1.94. The van der Waals surface area contributed by atoms with Crippen molar-refractivity contribution in [3.8, 4) is 6.07 Å². The molecule has 4 heteroatoms. The molecule has 0 aromatic carbocycles. The monoisotopic (exact) mass is 108 g/mol. The Hall–Kier alpha value is -1.50. The second-order valence-corrected chi connectivity index (χ2v) is 1.31. The summed E-state index contributed by atoms with van der Waals surface area (Å²) in [5.74, 6) is 0. The first-order valence-electron chi connectivity index (χ1n) is 2.03. The average molecular weight is 108 g/mol. The van der Waals surface area contributed by atoms with Crippen LogP contribution in [0.5, 0.6) is 0 Å². The van der Waals surface area contributed by atoms with Crippen molar-refractivity contribution < 1.29 is 0 Å².